The predicted molar refractivity (Wildman–Crippen MR) is 42.8 cm³/mol. The standard InChI is InChI=1S/C8H7F3N2/c1-12-5-6-2-3-13-7(4-6)8(9,10)11/h2-5H,1H3. The SMILES string of the molecule is CN=Cc1ccnc(C(F)(F)F)c1. The maximum Gasteiger partial charge on any atom is 0.433 e. The first-order chi connectivity index (χ1) is 6.04. The lowest BCUT2D eigenvalue weighted by atomic mass is 10.2. The molecule has 1 aromatic heterocycles. The lowest BCUT2D eigenvalue weighted by Gasteiger charge is -2.04. The number of hydrogen-bond acceptors (Lipinski definition) is 2. The van der Waals surface area contributed by atoms with Gasteiger partial charge in [-0.1, -0.05) is 0 Å². The van der Waals surface area contributed by atoms with Crippen LogP contribution in [0.4, 0.5) is 13.2 Å². The summed E-state index contributed by atoms with van der Waals surface area (Å²) in [5, 5.41) is 0. The number of pyridine rings is 1. The molecule has 0 N–H and O–H groups in total. The van der Waals surface area contributed by atoms with E-state index in [0.717, 1.165) is 12.3 Å². The van der Waals surface area contributed by atoms with E-state index in [1.54, 1.807) is 0 Å². The van der Waals surface area contributed by atoms with E-state index >= 15 is 0 Å². The first-order valence-corrected chi connectivity index (χ1v) is 3.49. The first-order valence-electron chi connectivity index (χ1n) is 3.49. The van der Waals surface area contributed by atoms with Crippen LogP contribution in [0, 0.1) is 0 Å². The van der Waals surface area contributed by atoms with E-state index in [4.69, 9.17) is 0 Å². The van der Waals surface area contributed by atoms with Crippen molar-refractivity contribution in [2.24, 2.45) is 4.99 Å². The molecule has 0 amide bonds. The van der Waals surface area contributed by atoms with Gasteiger partial charge in [0.2, 0.25) is 0 Å². The molecule has 1 heterocycles. The summed E-state index contributed by atoms with van der Waals surface area (Å²) in [5.74, 6) is 0. The molecular formula is C8H7F3N2. The smallest absolute Gasteiger partial charge is 0.296 e. The maximum absolute atomic E-state index is 12.1. The van der Waals surface area contributed by atoms with E-state index in [2.05, 4.69) is 9.98 Å². The Labute approximate surface area is 73.1 Å². The average Bonchev–Trinajstić information content (AvgIpc) is 2.04. The molecule has 2 nitrogen and oxygen atoms in total. The van der Waals surface area contributed by atoms with Gasteiger partial charge in [0.25, 0.3) is 0 Å². The van der Waals surface area contributed by atoms with Crippen molar-refractivity contribution in [3.63, 3.8) is 0 Å². The van der Waals surface area contributed by atoms with E-state index in [1.807, 2.05) is 0 Å². The second-order valence-electron chi connectivity index (χ2n) is 2.36. The van der Waals surface area contributed by atoms with Crippen molar-refractivity contribution in [3.05, 3.63) is 29.6 Å². The highest BCUT2D eigenvalue weighted by atomic mass is 19.4. The maximum atomic E-state index is 12.1. The Morgan fingerprint density at radius 2 is 2.15 bits per heavy atom. The zero-order valence-electron chi connectivity index (χ0n) is 6.84. The third-order valence-electron chi connectivity index (χ3n) is 1.35. The van der Waals surface area contributed by atoms with Gasteiger partial charge < -0.3 is 0 Å². The molecular weight excluding hydrogens is 181 g/mol. The normalized spacial score (nSPS) is 12.3. The molecule has 0 atom stereocenters. The van der Waals surface area contributed by atoms with Gasteiger partial charge in [-0.25, -0.2) is 0 Å². The van der Waals surface area contributed by atoms with Crippen molar-refractivity contribution >= 4 is 6.21 Å². The number of aromatic nitrogens is 1. The third kappa shape index (κ3) is 2.54. The minimum absolute atomic E-state index is 0.393. The fourth-order valence-electron chi connectivity index (χ4n) is 0.831. The second-order valence-corrected chi connectivity index (χ2v) is 2.36. The minimum atomic E-state index is -4.39. The number of halogens is 3. The van der Waals surface area contributed by atoms with Gasteiger partial charge in [-0.3, -0.25) is 9.98 Å². The summed E-state index contributed by atoms with van der Waals surface area (Å²) in [4.78, 5) is 6.82. The molecule has 0 aliphatic rings. The van der Waals surface area contributed by atoms with Gasteiger partial charge in [0.15, 0.2) is 0 Å². The van der Waals surface area contributed by atoms with Gasteiger partial charge in [-0.15, -0.1) is 0 Å². The van der Waals surface area contributed by atoms with E-state index in [9.17, 15) is 13.2 Å². The largest absolute Gasteiger partial charge is 0.433 e. The molecule has 13 heavy (non-hydrogen) atoms. The molecule has 1 aromatic rings. The summed E-state index contributed by atoms with van der Waals surface area (Å²) >= 11 is 0. The van der Waals surface area contributed by atoms with Gasteiger partial charge in [0.1, 0.15) is 5.69 Å². The Hall–Kier alpha value is -1.39. The van der Waals surface area contributed by atoms with Crippen LogP contribution in [0.15, 0.2) is 23.3 Å². The molecule has 0 fully saturated rings. The summed E-state index contributed by atoms with van der Waals surface area (Å²) in [6, 6.07) is 2.41. The molecule has 0 spiro atoms. The second kappa shape index (κ2) is 3.55. The zero-order valence-corrected chi connectivity index (χ0v) is 6.84. The van der Waals surface area contributed by atoms with Crippen molar-refractivity contribution in [1.29, 1.82) is 0 Å². The Bertz CT molecular complexity index is 317. The molecule has 5 heteroatoms. The van der Waals surface area contributed by atoms with Gasteiger partial charge in [0, 0.05) is 19.5 Å². The predicted octanol–water partition coefficient (Wildman–Crippen LogP) is 2.15. The lowest BCUT2D eigenvalue weighted by Crippen LogP contribution is -2.07. The zero-order chi connectivity index (χ0) is 9.90. The number of alkyl halides is 3. The van der Waals surface area contributed by atoms with Crippen LogP contribution in [-0.2, 0) is 6.18 Å². The minimum Gasteiger partial charge on any atom is -0.296 e. The van der Waals surface area contributed by atoms with E-state index in [1.165, 1.54) is 19.3 Å². The molecule has 70 valence electrons. The summed E-state index contributed by atoms with van der Waals surface area (Å²) in [7, 11) is 1.49. The fraction of sp³-hybridized carbons (Fsp3) is 0.250. The van der Waals surface area contributed by atoms with Gasteiger partial charge >= 0.3 is 6.18 Å². The number of aliphatic imine (C=N–C) groups is 1. The van der Waals surface area contributed by atoms with Crippen LogP contribution in [0.2, 0.25) is 0 Å². The van der Waals surface area contributed by atoms with Crippen LogP contribution in [0.3, 0.4) is 0 Å². The first kappa shape index (κ1) is 9.70. The Morgan fingerprint density at radius 1 is 1.46 bits per heavy atom. The molecule has 0 bridgehead atoms. The molecule has 0 radical (unpaired) electrons. The highest BCUT2D eigenvalue weighted by Gasteiger charge is 2.32. The van der Waals surface area contributed by atoms with Crippen LogP contribution in [-0.4, -0.2) is 18.2 Å². The van der Waals surface area contributed by atoms with Crippen molar-refractivity contribution in [3.8, 4) is 0 Å². The molecule has 0 saturated heterocycles. The molecule has 0 aliphatic carbocycles. The average molecular weight is 188 g/mol. The number of hydrogen-bond donors (Lipinski definition) is 0. The van der Waals surface area contributed by atoms with Crippen molar-refractivity contribution < 1.29 is 13.2 Å². The van der Waals surface area contributed by atoms with Crippen LogP contribution in [0.5, 0.6) is 0 Å². The summed E-state index contributed by atoms with van der Waals surface area (Å²) in [5.41, 5.74) is -0.505. The van der Waals surface area contributed by atoms with Crippen LogP contribution in [0.25, 0.3) is 0 Å². The van der Waals surface area contributed by atoms with Crippen molar-refractivity contribution in [2.75, 3.05) is 7.05 Å². The molecule has 0 saturated carbocycles. The number of nitrogens with zero attached hydrogens (tertiary/aromatic N) is 2. The Morgan fingerprint density at radius 3 is 2.69 bits per heavy atom. The number of rotatable bonds is 1. The quantitative estimate of drug-likeness (QED) is 0.620. The van der Waals surface area contributed by atoms with Gasteiger partial charge in [0.05, 0.1) is 0 Å². The van der Waals surface area contributed by atoms with Gasteiger partial charge in [-0.05, 0) is 17.7 Å². The van der Waals surface area contributed by atoms with Crippen molar-refractivity contribution in [1.82, 2.24) is 4.98 Å². The molecule has 0 unspecified atom stereocenters. The lowest BCUT2D eigenvalue weighted by molar-refractivity contribution is -0.141. The van der Waals surface area contributed by atoms with E-state index in [-0.39, 0.29) is 0 Å². The Balaban J connectivity index is 3.05. The summed E-state index contributed by atoms with van der Waals surface area (Å²) < 4.78 is 36.3. The molecule has 0 aromatic carbocycles. The van der Waals surface area contributed by atoms with Crippen molar-refractivity contribution in [2.45, 2.75) is 6.18 Å². The fourth-order valence-corrected chi connectivity index (χ4v) is 0.831. The van der Waals surface area contributed by atoms with E-state index in [0.29, 0.717) is 5.56 Å². The molecule has 0 aliphatic heterocycles. The van der Waals surface area contributed by atoms with Crippen LogP contribution < -0.4 is 0 Å². The van der Waals surface area contributed by atoms with Crippen LogP contribution >= 0.6 is 0 Å². The Kier molecular flexibility index (Phi) is 2.65. The highest BCUT2D eigenvalue weighted by Crippen LogP contribution is 2.27. The summed E-state index contributed by atoms with van der Waals surface area (Å²) in [6.45, 7) is 0. The summed E-state index contributed by atoms with van der Waals surface area (Å²) in [6.07, 6.45) is -1.94. The topological polar surface area (TPSA) is 25.2 Å². The molecule has 1 rings (SSSR count). The van der Waals surface area contributed by atoms with Gasteiger partial charge in [-0.2, -0.15) is 13.2 Å². The third-order valence-corrected chi connectivity index (χ3v) is 1.35. The highest BCUT2D eigenvalue weighted by molar-refractivity contribution is 5.79. The monoisotopic (exact) mass is 188 g/mol. The van der Waals surface area contributed by atoms with Crippen LogP contribution in [0.1, 0.15) is 11.3 Å². The van der Waals surface area contributed by atoms with E-state index < -0.39 is 11.9 Å².